The van der Waals surface area contributed by atoms with E-state index in [1.807, 2.05) is 0 Å². The lowest BCUT2D eigenvalue weighted by Crippen LogP contribution is -2.47. The Labute approximate surface area is 174 Å². The van der Waals surface area contributed by atoms with Crippen LogP contribution in [0.5, 0.6) is 0 Å². The topological polar surface area (TPSA) is 40.5 Å². The summed E-state index contributed by atoms with van der Waals surface area (Å²) < 4.78 is 41.0. The zero-order chi connectivity index (χ0) is 20.5. The number of likely N-dealkylation sites (tertiary alicyclic amines) is 1. The van der Waals surface area contributed by atoms with Crippen molar-refractivity contribution in [2.75, 3.05) is 6.54 Å². The summed E-state index contributed by atoms with van der Waals surface area (Å²) in [6, 6.07) is 9.56. The maximum absolute atomic E-state index is 13.4. The molecule has 1 fully saturated rings. The van der Waals surface area contributed by atoms with Crippen LogP contribution in [0.4, 0.5) is 13.2 Å². The number of halogens is 5. The summed E-state index contributed by atoms with van der Waals surface area (Å²) in [6.07, 6.45) is -2.59. The first-order valence-electron chi connectivity index (χ1n) is 8.79. The van der Waals surface area contributed by atoms with Gasteiger partial charge in [0.15, 0.2) is 0 Å². The molecule has 2 aromatic carbocycles. The van der Waals surface area contributed by atoms with Crippen LogP contribution >= 0.6 is 27.5 Å². The predicted octanol–water partition coefficient (Wildman–Crippen LogP) is 6.15. The second kappa shape index (κ2) is 8.43. The molecular formula is C20H18BrClF3NO2. The summed E-state index contributed by atoms with van der Waals surface area (Å²) in [7, 11) is 0. The number of carboxylic acids is 1. The van der Waals surface area contributed by atoms with E-state index in [0.29, 0.717) is 28.6 Å². The Hall–Kier alpha value is -1.57. The van der Waals surface area contributed by atoms with E-state index in [1.54, 1.807) is 29.2 Å². The molecule has 0 amide bonds. The zero-order valence-corrected chi connectivity index (χ0v) is 17.1. The summed E-state index contributed by atoms with van der Waals surface area (Å²) in [5.41, 5.74) is 0.149. The van der Waals surface area contributed by atoms with Gasteiger partial charge in [0, 0.05) is 4.47 Å². The number of hydrogen-bond donors (Lipinski definition) is 1. The van der Waals surface area contributed by atoms with Gasteiger partial charge in [-0.3, -0.25) is 9.69 Å². The highest BCUT2D eigenvalue weighted by atomic mass is 79.9. The quantitative estimate of drug-likeness (QED) is 0.575. The van der Waals surface area contributed by atoms with Gasteiger partial charge in [-0.25, -0.2) is 0 Å². The molecule has 3 nitrogen and oxygen atoms in total. The summed E-state index contributed by atoms with van der Waals surface area (Å²) in [5.74, 6) is -0.971. The van der Waals surface area contributed by atoms with Crippen LogP contribution in [0.3, 0.4) is 0 Å². The van der Waals surface area contributed by atoms with E-state index in [-0.39, 0.29) is 5.02 Å². The van der Waals surface area contributed by atoms with Crippen molar-refractivity contribution in [2.24, 2.45) is 0 Å². The van der Waals surface area contributed by atoms with Crippen molar-refractivity contribution < 1.29 is 23.1 Å². The number of carboxylic acid groups (broad SMARTS) is 1. The van der Waals surface area contributed by atoms with E-state index in [0.717, 1.165) is 18.9 Å². The number of carbonyl (C=O) groups is 1. The average Bonchev–Trinajstić information content (AvgIpc) is 2.64. The third-order valence-corrected chi connectivity index (χ3v) is 6.02. The molecule has 0 spiro atoms. The molecule has 2 unspecified atom stereocenters. The molecule has 8 heteroatoms. The summed E-state index contributed by atoms with van der Waals surface area (Å²) in [6.45, 7) is 0.479. The van der Waals surface area contributed by atoms with Gasteiger partial charge in [-0.15, -0.1) is 0 Å². The molecule has 0 aliphatic carbocycles. The number of hydrogen-bond acceptors (Lipinski definition) is 2. The van der Waals surface area contributed by atoms with Crippen LogP contribution in [-0.2, 0) is 11.0 Å². The molecule has 0 bridgehead atoms. The first-order chi connectivity index (χ1) is 13.2. The van der Waals surface area contributed by atoms with Gasteiger partial charge < -0.3 is 5.11 Å². The number of aliphatic carboxylic acids is 1. The van der Waals surface area contributed by atoms with E-state index in [9.17, 15) is 23.1 Å². The normalized spacial score (nSPS) is 19.4. The fourth-order valence-electron chi connectivity index (χ4n) is 3.70. The Balaban J connectivity index is 2.18. The minimum atomic E-state index is -4.60. The van der Waals surface area contributed by atoms with Gasteiger partial charge in [0.1, 0.15) is 6.04 Å². The standard InChI is InChI=1S/C20H18BrClF3NO2/c21-15-6-2-1-5-13(15)18(26-10-4-3-7-17(26)19(27)28)12-8-9-16(22)14(11-12)20(23,24)25/h1-2,5-6,8-9,11,17-18H,3-4,7,10H2,(H,27,28). The predicted molar refractivity (Wildman–Crippen MR) is 104 cm³/mol. The first kappa shape index (κ1) is 21.1. The van der Waals surface area contributed by atoms with Crippen LogP contribution in [0, 0.1) is 0 Å². The van der Waals surface area contributed by atoms with Crippen LogP contribution < -0.4 is 0 Å². The molecule has 1 heterocycles. The number of alkyl halides is 3. The van der Waals surface area contributed by atoms with E-state index in [4.69, 9.17) is 11.6 Å². The zero-order valence-electron chi connectivity index (χ0n) is 14.7. The molecule has 1 saturated heterocycles. The van der Waals surface area contributed by atoms with E-state index < -0.39 is 29.8 Å². The molecule has 2 aromatic rings. The summed E-state index contributed by atoms with van der Waals surface area (Å²) in [4.78, 5) is 13.6. The largest absolute Gasteiger partial charge is 0.480 e. The molecule has 0 radical (unpaired) electrons. The molecule has 28 heavy (non-hydrogen) atoms. The van der Waals surface area contributed by atoms with Gasteiger partial charge >= 0.3 is 12.1 Å². The third-order valence-electron chi connectivity index (χ3n) is 4.97. The van der Waals surface area contributed by atoms with Crippen molar-refractivity contribution in [3.63, 3.8) is 0 Å². The molecule has 150 valence electrons. The highest BCUT2D eigenvalue weighted by molar-refractivity contribution is 9.10. The van der Waals surface area contributed by atoms with Gasteiger partial charge in [0.2, 0.25) is 0 Å². The van der Waals surface area contributed by atoms with Gasteiger partial charge in [0.25, 0.3) is 0 Å². The lowest BCUT2D eigenvalue weighted by molar-refractivity contribution is -0.145. The molecular weight excluding hydrogens is 459 g/mol. The maximum atomic E-state index is 13.4. The fourth-order valence-corrected chi connectivity index (χ4v) is 4.43. The van der Waals surface area contributed by atoms with E-state index in [1.165, 1.54) is 12.1 Å². The summed E-state index contributed by atoms with van der Waals surface area (Å²) >= 11 is 9.26. The van der Waals surface area contributed by atoms with Crippen LogP contribution in [0.15, 0.2) is 46.9 Å². The van der Waals surface area contributed by atoms with Gasteiger partial charge in [-0.2, -0.15) is 13.2 Å². The van der Waals surface area contributed by atoms with Crippen LogP contribution in [0.1, 0.15) is 42.0 Å². The maximum Gasteiger partial charge on any atom is 0.417 e. The van der Waals surface area contributed by atoms with Crippen molar-refractivity contribution in [3.8, 4) is 0 Å². The average molecular weight is 477 g/mol. The Morgan fingerprint density at radius 1 is 1.21 bits per heavy atom. The molecule has 3 rings (SSSR count). The smallest absolute Gasteiger partial charge is 0.417 e. The van der Waals surface area contributed by atoms with E-state index >= 15 is 0 Å². The van der Waals surface area contributed by atoms with Gasteiger partial charge in [-0.1, -0.05) is 58.2 Å². The Kier molecular flexibility index (Phi) is 6.37. The minimum Gasteiger partial charge on any atom is -0.480 e. The van der Waals surface area contributed by atoms with Crippen molar-refractivity contribution >= 4 is 33.5 Å². The lowest BCUT2D eigenvalue weighted by atomic mass is 9.91. The highest BCUT2D eigenvalue weighted by Crippen LogP contribution is 2.41. The molecule has 2 atom stereocenters. The minimum absolute atomic E-state index is 0.358. The second-order valence-electron chi connectivity index (χ2n) is 6.75. The lowest BCUT2D eigenvalue weighted by Gasteiger charge is -2.40. The Bertz CT molecular complexity index is 875. The molecule has 1 aliphatic heterocycles. The Morgan fingerprint density at radius 2 is 1.93 bits per heavy atom. The van der Waals surface area contributed by atoms with Crippen molar-refractivity contribution in [1.82, 2.24) is 4.90 Å². The molecule has 1 aliphatic rings. The third kappa shape index (κ3) is 4.36. The second-order valence-corrected chi connectivity index (χ2v) is 8.01. The van der Waals surface area contributed by atoms with Crippen LogP contribution in [0.25, 0.3) is 0 Å². The first-order valence-corrected chi connectivity index (χ1v) is 9.97. The number of piperidine rings is 1. The van der Waals surface area contributed by atoms with Crippen LogP contribution in [-0.4, -0.2) is 28.6 Å². The molecule has 0 saturated carbocycles. The number of rotatable bonds is 4. The van der Waals surface area contributed by atoms with Crippen molar-refractivity contribution in [1.29, 1.82) is 0 Å². The van der Waals surface area contributed by atoms with Gasteiger partial charge in [-0.05, 0) is 48.7 Å². The van der Waals surface area contributed by atoms with Crippen LogP contribution in [0.2, 0.25) is 5.02 Å². The van der Waals surface area contributed by atoms with Crippen molar-refractivity contribution in [2.45, 2.75) is 37.5 Å². The Morgan fingerprint density at radius 3 is 2.57 bits per heavy atom. The number of benzene rings is 2. The van der Waals surface area contributed by atoms with Gasteiger partial charge in [0.05, 0.1) is 16.6 Å². The SMILES string of the molecule is O=C(O)C1CCCCN1C(c1ccc(Cl)c(C(F)(F)F)c1)c1ccccc1Br. The molecule has 1 N–H and O–H groups in total. The highest BCUT2D eigenvalue weighted by Gasteiger charge is 2.38. The van der Waals surface area contributed by atoms with Crippen molar-refractivity contribution in [3.05, 3.63) is 68.7 Å². The summed E-state index contributed by atoms with van der Waals surface area (Å²) in [5, 5.41) is 9.32. The number of nitrogens with zero attached hydrogens (tertiary/aromatic N) is 1. The van der Waals surface area contributed by atoms with E-state index in [2.05, 4.69) is 15.9 Å². The molecule has 0 aromatic heterocycles. The fraction of sp³-hybridized carbons (Fsp3) is 0.350. The monoisotopic (exact) mass is 475 g/mol.